The van der Waals surface area contributed by atoms with Gasteiger partial charge < -0.3 is 9.47 Å². The molecule has 3 nitrogen and oxygen atoms in total. The number of benzene rings is 1. The van der Waals surface area contributed by atoms with E-state index in [1.165, 1.54) is 19.3 Å². The van der Waals surface area contributed by atoms with E-state index in [4.69, 9.17) is 9.47 Å². The van der Waals surface area contributed by atoms with Gasteiger partial charge in [0.1, 0.15) is 18.1 Å². The topological polar surface area (TPSA) is 21.7 Å². The van der Waals surface area contributed by atoms with Crippen LogP contribution in [0.3, 0.4) is 0 Å². The molecule has 0 radical (unpaired) electrons. The van der Waals surface area contributed by atoms with Crippen LogP contribution in [0.15, 0.2) is 24.3 Å². The van der Waals surface area contributed by atoms with Gasteiger partial charge in [0.05, 0.1) is 7.11 Å². The summed E-state index contributed by atoms with van der Waals surface area (Å²) in [6.45, 7) is 11.1. The molecule has 0 amide bonds. The Hall–Kier alpha value is -1.22. The maximum absolute atomic E-state index is 5.92. The van der Waals surface area contributed by atoms with Gasteiger partial charge in [0, 0.05) is 23.7 Å². The maximum Gasteiger partial charge on any atom is 0.123 e. The van der Waals surface area contributed by atoms with Gasteiger partial charge in [-0.2, -0.15) is 0 Å². The molecule has 1 aromatic carbocycles. The molecule has 0 saturated carbocycles. The number of methoxy groups -OCH3 is 1. The van der Waals surface area contributed by atoms with Crippen molar-refractivity contribution < 1.29 is 9.47 Å². The van der Waals surface area contributed by atoms with Crippen molar-refractivity contribution in [3.05, 3.63) is 24.3 Å². The summed E-state index contributed by atoms with van der Waals surface area (Å²) < 4.78 is 11.1. The normalized spacial score (nSPS) is 21.0. The lowest BCUT2D eigenvalue weighted by Gasteiger charge is -2.53. The van der Waals surface area contributed by atoms with E-state index in [0.717, 1.165) is 18.0 Å². The van der Waals surface area contributed by atoms with Crippen LogP contribution in [-0.4, -0.2) is 36.2 Å². The summed E-state index contributed by atoms with van der Waals surface area (Å²) in [5, 5.41) is 0. The van der Waals surface area contributed by atoms with Crippen molar-refractivity contribution in [3.63, 3.8) is 0 Å². The van der Waals surface area contributed by atoms with Crippen molar-refractivity contribution in [3.8, 4) is 11.5 Å². The highest BCUT2D eigenvalue weighted by molar-refractivity contribution is 5.32. The number of ether oxygens (including phenoxy) is 2. The number of hydrogen-bond acceptors (Lipinski definition) is 3. The van der Waals surface area contributed by atoms with Crippen LogP contribution in [-0.2, 0) is 0 Å². The minimum Gasteiger partial charge on any atom is -0.497 e. The van der Waals surface area contributed by atoms with E-state index < -0.39 is 0 Å². The van der Waals surface area contributed by atoms with E-state index in [1.54, 1.807) is 7.11 Å². The van der Waals surface area contributed by atoms with Gasteiger partial charge in [0.25, 0.3) is 0 Å². The first-order chi connectivity index (χ1) is 9.85. The van der Waals surface area contributed by atoms with Gasteiger partial charge in [0.2, 0.25) is 0 Å². The predicted octanol–water partition coefficient (Wildman–Crippen LogP) is 4.12. The second-order valence-corrected chi connectivity index (χ2v) is 7.16. The summed E-state index contributed by atoms with van der Waals surface area (Å²) in [5.41, 5.74) is 0.499. The average molecular weight is 291 g/mol. The first kappa shape index (κ1) is 16.2. The van der Waals surface area contributed by atoms with Crippen molar-refractivity contribution in [2.75, 3.05) is 20.3 Å². The molecular weight excluding hydrogens is 262 g/mol. The Labute approximate surface area is 129 Å². The Balaban J connectivity index is 1.94. The molecule has 3 heteroatoms. The summed E-state index contributed by atoms with van der Waals surface area (Å²) >= 11 is 0. The van der Waals surface area contributed by atoms with E-state index in [2.05, 4.69) is 32.6 Å². The van der Waals surface area contributed by atoms with Gasteiger partial charge in [-0.3, -0.25) is 4.90 Å². The van der Waals surface area contributed by atoms with Gasteiger partial charge in [-0.25, -0.2) is 0 Å². The molecule has 0 N–H and O–H groups in total. The molecule has 0 spiro atoms. The lowest BCUT2D eigenvalue weighted by Crippen LogP contribution is -2.59. The van der Waals surface area contributed by atoms with Crippen molar-refractivity contribution in [1.29, 1.82) is 0 Å². The standard InChI is InChI=1S/C18H29NO2/c1-17(2)10-7-11-18(3,4)19(17)12-13-21-16-9-6-8-15(14-16)20-5/h6,8-9,14H,7,10-13H2,1-5H3. The molecule has 118 valence electrons. The second kappa shape index (κ2) is 6.27. The third kappa shape index (κ3) is 3.91. The van der Waals surface area contributed by atoms with E-state index in [-0.39, 0.29) is 11.1 Å². The highest BCUT2D eigenvalue weighted by atomic mass is 16.5. The number of likely N-dealkylation sites (tertiary alicyclic amines) is 1. The highest BCUT2D eigenvalue weighted by Gasteiger charge is 2.40. The Bertz CT molecular complexity index is 452. The molecule has 1 heterocycles. The second-order valence-electron chi connectivity index (χ2n) is 7.16. The van der Waals surface area contributed by atoms with Gasteiger partial charge in [-0.05, 0) is 59.1 Å². The molecule has 1 aromatic rings. The molecule has 0 unspecified atom stereocenters. The van der Waals surface area contributed by atoms with E-state index >= 15 is 0 Å². The smallest absolute Gasteiger partial charge is 0.123 e. The molecular formula is C18H29NO2. The molecule has 0 aliphatic carbocycles. The number of nitrogens with zero attached hydrogens (tertiary/aromatic N) is 1. The first-order valence-electron chi connectivity index (χ1n) is 7.90. The summed E-state index contributed by atoms with van der Waals surface area (Å²) in [7, 11) is 1.68. The van der Waals surface area contributed by atoms with Crippen LogP contribution in [0.25, 0.3) is 0 Å². The lowest BCUT2D eigenvalue weighted by molar-refractivity contribution is -0.0340. The zero-order valence-electron chi connectivity index (χ0n) is 14.1. The van der Waals surface area contributed by atoms with Crippen molar-refractivity contribution >= 4 is 0 Å². The molecule has 1 aliphatic rings. The fourth-order valence-electron chi connectivity index (χ4n) is 3.59. The average Bonchev–Trinajstić information content (AvgIpc) is 2.41. The highest BCUT2D eigenvalue weighted by Crippen LogP contribution is 2.37. The molecule has 2 rings (SSSR count). The lowest BCUT2D eigenvalue weighted by atomic mass is 9.80. The summed E-state index contributed by atoms with van der Waals surface area (Å²) in [4.78, 5) is 2.60. The molecule has 1 saturated heterocycles. The van der Waals surface area contributed by atoms with Crippen LogP contribution in [0.5, 0.6) is 11.5 Å². The van der Waals surface area contributed by atoms with E-state index in [1.807, 2.05) is 24.3 Å². The Kier molecular flexibility index (Phi) is 4.82. The minimum absolute atomic E-state index is 0.249. The summed E-state index contributed by atoms with van der Waals surface area (Å²) in [6, 6.07) is 7.81. The fraction of sp³-hybridized carbons (Fsp3) is 0.667. The van der Waals surface area contributed by atoms with Crippen LogP contribution in [0.1, 0.15) is 47.0 Å². The Morgan fingerprint density at radius 1 is 1.05 bits per heavy atom. The zero-order chi connectivity index (χ0) is 15.5. The van der Waals surface area contributed by atoms with Gasteiger partial charge in [-0.15, -0.1) is 0 Å². The largest absolute Gasteiger partial charge is 0.497 e. The van der Waals surface area contributed by atoms with Gasteiger partial charge in [0.15, 0.2) is 0 Å². The van der Waals surface area contributed by atoms with Crippen LogP contribution >= 0.6 is 0 Å². The van der Waals surface area contributed by atoms with Crippen molar-refractivity contribution in [2.45, 2.75) is 58.0 Å². The van der Waals surface area contributed by atoms with E-state index in [9.17, 15) is 0 Å². The number of rotatable bonds is 5. The summed E-state index contributed by atoms with van der Waals surface area (Å²) in [5.74, 6) is 1.72. The maximum atomic E-state index is 5.92. The SMILES string of the molecule is COc1cccc(OCCN2C(C)(C)CCCC2(C)C)c1. The molecule has 0 atom stereocenters. The fourth-order valence-corrected chi connectivity index (χ4v) is 3.59. The third-order valence-electron chi connectivity index (χ3n) is 4.66. The molecule has 0 aromatic heterocycles. The number of hydrogen-bond donors (Lipinski definition) is 0. The van der Waals surface area contributed by atoms with Crippen LogP contribution in [0.2, 0.25) is 0 Å². The molecule has 0 bridgehead atoms. The Morgan fingerprint density at radius 2 is 1.67 bits per heavy atom. The molecule has 21 heavy (non-hydrogen) atoms. The Morgan fingerprint density at radius 3 is 2.29 bits per heavy atom. The predicted molar refractivity (Wildman–Crippen MR) is 87.2 cm³/mol. The monoisotopic (exact) mass is 291 g/mol. The third-order valence-corrected chi connectivity index (χ3v) is 4.66. The number of piperidine rings is 1. The quantitative estimate of drug-likeness (QED) is 0.814. The van der Waals surface area contributed by atoms with Gasteiger partial charge >= 0.3 is 0 Å². The van der Waals surface area contributed by atoms with Crippen molar-refractivity contribution in [1.82, 2.24) is 4.90 Å². The van der Waals surface area contributed by atoms with Crippen LogP contribution in [0.4, 0.5) is 0 Å². The first-order valence-corrected chi connectivity index (χ1v) is 7.90. The zero-order valence-corrected chi connectivity index (χ0v) is 14.1. The molecule has 1 fully saturated rings. The van der Waals surface area contributed by atoms with Gasteiger partial charge in [-0.1, -0.05) is 6.07 Å². The summed E-state index contributed by atoms with van der Waals surface area (Å²) in [6.07, 6.45) is 3.83. The van der Waals surface area contributed by atoms with E-state index in [0.29, 0.717) is 6.61 Å². The van der Waals surface area contributed by atoms with Crippen molar-refractivity contribution in [2.24, 2.45) is 0 Å². The minimum atomic E-state index is 0.249. The molecule has 1 aliphatic heterocycles. The van der Waals surface area contributed by atoms with Crippen LogP contribution < -0.4 is 9.47 Å². The van der Waals surface area contributed by atoms with Crippen LogP contribution in [0, 0.1) is 0 Å².